The maximum Gasteiger partial charge on any atom is 0.311 e. The molecule has 0 radical (unpaired) electrons. The van der Waals surface area contributed by atoms with Crippen LogP contribution >= 0.6 is 11.6 Å². The number of aliphatic carboxylic acids is 1. The van der Waals surface area contributed by atoms with E-state index in [4.69, 9.17) is 20.9 Å². The second-order valence-electron chi connectivity index (χ2n) is 8.45. The maximum absolute atomic E-state index is 14.2. The van der Waals surface area contributed by atoms with E-state index < -0.39 is 35.0 Å². The molecule has 10 heteroatoms. The highest BCUT2D eigenvalue weighted by atomic mass is 35.5. The van der Waals surface area contributed by atoms with Crippen molar-refractivity contribution in [1.82, 2.24) is 10.5 Å². The molecule has 8 nitrogen and oxygen atoms in total. The molecule has 0 saturated carbocycles. The Morgan fingerprint density at radius 1 is 1.23 bits per heavy atom. The van der Waals surface area contributed by atoms with Crippen LogP contribution in [0.3, 0.4) is 0 Å². The first-order chi connectivity index (χ1) is 16.6. The number of nitrogens with zero attached hydrogens (tertiary/aromatic N) is 1. The molecular weight excluding hydrogens is 479 g/mol. The first kappa shape index (κ1) is 26.2. The summed E-state index contributed by atoms with van der Waals surface area (Å²) >= 11 is 6.00. The molecule has 35 heavy (non-hydrogen) atoms. The van der Waals surface area contributed by atoms with Gasteiger partial charge in [0.25, 0.3) is 11.8 Å². The number of nitrogens with one attached hydrogen (secondary N) is 1. The van der Waals surface area contributed by atoms with Crippen molar-refractivity contribution in [3.8, 4) is 17.0 Å². The molecule has 0 aliphatic carbocycles. The molecule has 3 N–H and O–H groups in total. The van der Waals surface area contributed by atoms with Crippen LogP contribution in [0.2, 0.25) is 5.02 Å². The third-order valence-electron chi connectivity index (χ3n) is 5.57. The van der Waals surface area contributed by atoms with Gasteiger partial charge in [0.05, 0.1) is 18.1 Å². The Morgan fingerprint density at radius 2 is 1.94 bits per heavy atom. The number of carboxylic acid groups (broad SMARTS) is 1. The zero-order valence-electron chi connectivity index (χ0n) is 19.3. The summed E-state index contributed by atoms with van der Waals surface area (Å²) in [6.45, 7) is 3.62. The minimum Gasteiger partial charge on any atom is -0.491 e. The quantitative estimate of drug-likeness (QED) is 0.346. The lowest BCUT2D eigenvalue weighted by molar-refractivity contribution is -0.152. The van der Waals surface area contributed by atoms with E-state index >= 15 is 0 Å². The van der Waals surface area contributed by atoms with Crippen molar-refractivity contribution in [3.05, 3.63) is 70.7 Å². The topological polar surface area (TPSA) is 122 Å². The first-order valence-corrected chi connectivity index (χ1v) is 11.3. The lowest BCUT2D eigenvalue weighted by Gasteiger charge is -2.30. The Balaban J connectivity index is 1.84. The second-order valence-corrected chi connectivity index (χ2v) is 8.89. The molecule has 0 saturated heterocycles. The molecule has 2 atom stereocenters. The molecular formula is C25H26ClFN2O6. The predicted molar refractivity (Wildman–Crippen MR) is 127 cm³/mol. The second kappa shape index (κ2) is 11.3. The summed E-state index contributed by atoms with van der Waals surface area (Å²) in [5.41, 5.74) is 0.486. The Kier molecular flexibility index (Phi) is 8.48. The van der Waals surface area contributed by atoms with E-state index in [1.54, 1.807) is 38.1 Å². The number of carbonyl (C=O) groups is 2. The molecule has 1 heterocycles. The number of carbonyl (C=O) groups excluding carboxylic acids is 1. The van der Waals surface area contributed by atoms with Gasteiger partial charge in [-0.05, 0) is 61.2 Å². The van der Waals surface area contributed by atoms with Crippen LogP contribution in [0.4, 0.5) is 4.39 Å². The van der Waals surface area contributed by atoms with Crippen molar-refractivity contribution in [2.24, 2.45) is 5.41 Å². The summed E-state index contributed by atoms with van der Waals surface area (Å²) in [6.07, 6.45) is 0.331. The number of rotatable bonds is 11. The number of ether oxygens (including phenoxy) is 1. The normalized spacial score (nSPS) is 13.7. The van der Waals surface area contributed by atoms with Crippen LogP contribution in [0.5, 0.6) is 5.88 Å². The summed E-state index contributed by atoms with van der Waals surface area (Å²) in [5, 5.41) is 25.7. The number of hydrogen-bond acceptors (Lipinski definition) is 6. The van der Waals surface area contributed by atoms with Crippen LogP contribution in [0.1, 0.15) is 36.4 Å². The summed E-state index contributed by atoms with van der Waals surface area (Å²) < 4.78 is 24.4. The van der Waals surface area contributed by atoms with Gasteiger partial charge in [-0.1, -0.05) is 35.9 Å². The van der Waals surface area contributed by atoms with Crippen LogP contribution in [0.25, 0.3) is 11.1 Å². The van der Waals surface area contributed by atoms with E-state index in [1.807, 2.05) is 0 Å². The molecule has 0 bridgehead atoms. The van der Waals surface area contributed by atoms with Crippen LogP contribution in [-0.2, 0) is 16.0 Å². The van der Waals surface area contributed by atoms with Gasteiger partial charge < -0.3 is 24.8 Å². The van der Waals surface area contributed by atoms with Crippen LogP contribution in [-0.4, -0.2) is 46.5 Å². The molecule has 3 rings (SSSR count). The monoisotopic (exact) mass is 504 g/mol. The highest BCUT2D eigenvalue weighted by molar-refractivity contribution is 6.30. The smallest absolute Gasteiger partial charge is 0.311 e. The van der Waals surface area contributed by atoms with Gasteiger partial charge in [-0.2, -0.15) is 0 Å². The summed E-state index contributed by atoms with van der Waals surface area (Å²) in [6, 6.07) is 11.7. The standard InChI is InChI=1S/C25H26ClFN2O6/c1-3-34-14-25(2,24(32)33)13-18(28-23(31)21-12-22(30)29-35-21)10-15-4-6-16(7-5-15)19-11-17(26)8-9-20(19)27/h4-9,11-12,18H,3,10,13-14H2,1-2H3,(H,28,31)(H,29,30)(H,32,33). The molecule has 3 aromatic rings. The fourth-order valence-corrected chi connectivity index (χ4v) is 3.88. The molecule has 2 unspecified atom stereocenters. The predicted octanol–water partition coefficient (Wildman–Crippen LogP) is 4.70. The first-order valence-electron chi connectivity index (χ1n) is 10.9. The van der Waals surface area contributed by atoms with Crippen molar-refractivity contribution >= 4 is 23.5 Å². The summed E-state index contributed by atoms with van der Waals surface area (Å²) in [5.74, 6) is -2.77. The third-order valence-corrected chi connectivity index (χ3v) is 5.81. The molecule has 186 valence electrons. The van der Waals surface area contributed by atoms with Gasteiger partial charge >= 0.3 is 5.97 Å². The van der Waals surface area contributed by atoms with E-state index in [-0.39, 0.29) is 25.2 Å². The molecule has 0 spiro atoms. The molecule has 0 aliphatic heterocycles. The van der Waals surface area contributed by atoms with Crippen LogP contribution < -0.4 is 5.32 Å². The zero-order valence-corrected chi connectivity index (χ0v) is 20.0. The van der Waals surface area contributed by atoms with Crippen molar-refractivity contribution in [1.29, 1.82) is 0 Å². The van der Waals surface area contributed by atoms with Crippen LogP contribution in [0, 0.1) is 11.2 Å². The SMILES string of the molecule is CCOCC(C)(CC(Cc1ccc(-c2cc(Cl)ccc2F)cc1)NC(=O)c1cc(O)no1)C(=O)O. The van der Waals surface area contributed by atoms with Crippen LogP contribution in [0.15, 0.2) is 53.1 Å². The van der Waals surface area contributed by atoms with Crippen molar-refractivity contribution < 1.29 is 33.5 Å². The van der Waals surface area contributed by atoms with E-state index in [1.165, 1.54) is 18.2 Å². The largest absolute Gasteiger partial charge is 0.491 e. The van der Waals surface area contributed by atoms with Gasteiger partial charge in [-0.25, -0.2) is 4.39 Å². The van der Waals surface area contributed by atoms with Gasteiger partial charge in [0.2, 0.25) is 5.76 Å². The molecule has 1 aromatic heterocycles. The lowest BCUT2D eigenvalue weighted by atomic mass is 9.82. The van der Waals surface area contributed by atoms with Gasteiger partial charge in [-0.3, -0.25) is 9.59 Å². The number of carboxylic acids is 1. The van der Waals surface area contributed by atoms with E-state index in [9.17, 15) is 24.2 Å². The Bertz CT molecular complexity index is 1180. The Labute approximate surface area is 206 Å². The fourth-order valence-electron chi connectivity index (χ4n) is 3.71. The van der Waals surface area contributed by atoms with Gasteiger partial charge in [0.15, 0.2) is 0 Å². The fraction of sp³-hybridized carbons (Fsp3) is 0.320. The number of amides is 1. The van der Waals surface area contributed by atoms with Crippen molar-refractivity contribution in [3.63, 3.8) is 0 Å². The molecule has 0 fully saturated rings. The Hall–Kier alpha value is -3.43. The average Bonchev–Trinajstić information content (AvgIpc) is 3.26. The van der Waals surface area contributed by atoms with E-state index in [2.05, 4.69) is 10.5 Å². The number of halogens is 2. The van der Waals surface area contributed by atoms with Gasteiger partial charge in [0.1, 0.15) is 5.82 Å². The lowest BCUT2D eigenvalue weighted by Crippen LogP contribution is -2.44. The Morgan fingerprint density at radius 3 is 2.54 bits per heavy atom. The summed E-state index contributed by atoms with van der Waals surface area (Å²) in [4.78, 5) is 24.7. The van der Waals surface area contributed by atoms with Crippen molar-refractivity contribution in [2.45, 2.75) is 32.7 Å². The molecule has 0 aliphatic rings. The van der Waals surface area contributed by atoms with Gasteiger partial charge in [-0.15, -0.1) is 0 Å². The number of aromatic hydroxyl groups is 1. The zero-order chi connectivity index (χ0) is 25.6. The highest BCUT2D eigenvalue weighted by Gasteiger charge is 2.37. The average molecular weight is 505 g/mol. The third kappa shape index (κ3) is 6.80. The molecule has 1 amide bonds. The van der Waals surface area contributed by atoms with E-state index in [0.29, 0.717) is 22.8 Å². The number of aromatic nitrogens is 1. The minimum atomic E-state index is -1.28. The highest BCUT2D eigenvalue weighted by Crippen LogP contribution is 2.29. The minimum absolute atomic E-state index is 0.0404. The number of benzene rings is 2. The van der Waals surface area contributed by atoms with E-state index in [0.717, 1.165) is 11.6 Å². The maximum atomic E-state index is 14.2. The number of hydrogen-bond donors (Lipinski definition) is 3. The summed E-state index contributed by atoms with van der Waals surface area (Å²) in [7, 11) is 0. The van der Waals surface area contributed by atoms with Crippen molar-refractivity contribution in [2.75, 3.05) is 13.2 Å². The molecule has 2 aromatic carbocycles. The van der Waals surface area contributed by atoms with Gasteiger partial charge in [0, 0.05) is 23.2 Å².